The molecule has 0 unspecified atom stereocenters. The van der Waals surface area contributed by atoms with Gasteiger partial charge in [0.15, 0.2) is 0 Å². The molecule has 0 atom stereocenters. The summed E-state index contributed by atoms with van der Waals surface area (Å²) in [5.41, 5.74) is 1.73. The Hall–Kier alpha value is -3.65. The summed E-state index contributed by atoms with van der Waals surface area (Å²) in [6.07, 6.45) is 0. The van der Waals surface area contributed by atoms with Crippen molar-refractivity contribution in [2.45, 2.75) is 6.54 Å². The van der Waals surface area contributed by atoms with E-state index in [4.69, 9.17) is 10.00 Å². The van der Waals surface area contributed by atoms with Gasteiger partial charge in [0.25, 0.3) is 5.91 Å². The predicted molar refractivity (Wildman–Crippen MR) is 95.2 cm³/mol. The summed E-state index contributed by atoms with van der Waals surface area (Å²) in [7, 11) is 0. The Morgan fingerprint density at radius 2 is 1.77 bits per heavy atom. The summed E-state index contributed by atoms with van der Waals surface area (Å²) in [4.78, 5) is 12.2. The molecule has 0 aliphatic heterocycles. The van der Waals surface area contributed by atoms with Gasteiger partial charge in [-0.25, -0.2) is 4.39 Å². The van der Waals surface area contributed by atoms with Gasteiger partial charge in [0, 0.05) is 12.1 Å². The molecule has 4 nitrogen and oxygen atoms in total. The lowest BCUT2D eigenvalue weighted by molar-refractivity contribution is 0.0951. The first kappa shape index (κ1) is 17.2. The van der Waals surface area contributed by atoms with E-state index in [1.807, 2.05) is 18.2 Å². The number of nitriles is 1. The molecule has 3 rings (SSSR count). The number of hydrogen-bond donors (Lipinski definition) is 1. The minimum Gasteiger partial charge on any atom is -0.457 e. The van der Waals surface area contributed by atoms with Crippen LogP contribution in [-0.4, -0.2) is 5.91 Å². The maximum atomic E-state index is 12.9. The molecule has 1 amide bonds. The van der Waals surface area contributed by atoms with Crippen LogP contribution in [0.4, 0.5) is 4.39 Å². The van der Waals surface area contributed by atoms with E-state index in [0.29, 0.717) is 29.2 Å². The summed E-state index contributed by atoms with van der Waals surface area (Å²) in [5.74, 6) is 0.539. The fraction of sp³-hybridized carbons (Fsp3) is 0.0476. The van der Waals surface area contributed by atoms with Crippen LogP contribution < -0.4 is 10.1 Å². The SMILES string of the molecule is N#Cc1cccc(C(=O)NCc2cccc(Oc3ccc(F)cc3)c2)c1. The third-order valence-electron chi connectivity index (χ3n) is 3.65. The second-order valence-corrected chi connectivity index (χ2v) is 5.58. The van der Waals surface area contributed by atoms with Gasteiger partial charge in [0.2, 0.25) is 0 Å². The molecule has 0 saturated carbocycles. The van der Waals surface area contributed by atoms with E-state index in [2.05, 4.69) is 5.32 Å². The molecular formula is C21H15FN2O2. The van der Waals surface area contributed by atoms with Crippen molar-refractivity contribution in [1.29, 1.82) is 5.26 Å². The molecule has 0 aromatic heterocycles. The maximum absolute atomic E-state index is 12.9. The Balaban J connectivity index is 1.64. The molecule has 128 valence electrons. The zero-order chi connectivity index (χ0) is 18.4. The summed E-state index contributed by atoms with van der Waals surface area (Å²) in [6.45, 7) is 0.316. The van der Waals surface area contributed by atoms with Gasteiger partial charge < -0.3 is 10.1 Å². The second kappa shape index (κ2) is 7.95. The Labute approximate surface area is 150 Å². The summed E-state index contributed by atoms with van der Waals surface area (Å²) in [5, 5.41) is 11.7. The molecule has 0 saturated heterocycles. The van der Waals surface area contributed by atoms with Crippen LogP contribution in [0.3, 0.4) is 0 Å². The Morgan fingerprint density at radius 1 is 1.00 bits per heavy atom. The van der Waals surface area contributed by atoms with Crippen molar-refractivity contribution in [3.05, 3.63) is 95.3 Å². The third-order valence-corrected chi connectivity index (χ3v) is 3.65. The van der Waals surface area contributed by atoms with Crippen molar-refractivity contribution >= 4 is 5.91 Å². The van der Waals surface area contributed by atoms with Crippen molar-refractivity contribution in [1.82, 2.24) is 5.32 Å². The molecule has 0 heterocycles. The number of carbonyl (C=O) groups is 1. The van der Waals surface area contributed by atoms with Gasteiger partial charge in [-0.15, -0.1) is 0 Å². The minimum atomic E-state index is -0.325. The molecule has 3 aromatic rings. The quantitative estimate of drug-likeness (QED) is 0.744. The average Bonchev–Trinajstić information content (AvgIpc) is 2.68. The highest BCUT2D eigenvalue weighted by atomic mass is 19.1. The fourth-order valence-electron chi connectivity index (χ4n) is 2.37. The maximum Gasteiger partial charge on any atom is 0.251 e. The first-order chi connectivity index (χ1) is 12.6. The van der Waals surface area contributed by atoms with Crippen LogP contribution in [0.25, 0.3) is 0 Å². The molecule has 0 radical (unpaired) electrons. The number of halogens is 1. The zero-order valence-electron chi connectivity index (χ0n) is 13.8. The van der Waals surface area contributed by atoms with E-state index in [0.717, 1.165) is 5.56 Å². The van der Waals surface area contributed by atoms with E-state index < -0.39 is 0 Å². The number of amides is 1. The molecule has 0 fully saturated rings. The van der Waals surface area contributed by atoms with E-state index in [9.17, 15) is 9.18 Å². The lowest BCUT2D eigenvalue weighted by atomic mass is 10.1. The van der Waals surface area contributed by atoms with E-state index in [1.54, 1.807) is 48.5 Å². The molecule has 26 heavy (non-hydrogen) atoms. The highest BCUT2D eigenvalue weighted by molar-refractivity contribution is 5.94. The largest absolute Gasteiger partial charge is 0.457 e. The van der Waals surface area contributed by atoms with Crippen molar-refractivity contribution in [2.75, 3.05) is 0 Å². The normalized spacial score (nSPS) is 10.0. The number of rotatable bonds is 5. The molecular weight excluding hydrogens is 331 g/mol. The van der Waals surface area contributed by atoms with Crippen LogP contribution in [0.2, 0.25) is 0 Å². The Morgan fingerprint density at radius 3 is 2.54 bits per heavy atom. The van der Waals surface area contributed by atoms with Crippen LogP contribution >= 0.6 is 0 Å². The second-order valence-electron chi connectivity index (χ2n) is 5.58. The van der Waals surface area contributed by atoms with Crippen LogP contribution in [-0.2, 0) is 6.54 Å². The standard InChI is InChI=1S/C21H15FN2O2/c22-18-7-9-19(10-8-18)26-20-6-2-4-16(12-20)14-24-21(25)17-5-1-3-15(11-17)13-23/h1-12H,14H2,(H,24,25). The fourth-order valence-corrected chi connectivity index (χ4v) is 2.37. The minimum absolute atomic E-state index is 0.257. The van der Waals surface area contributed by atoms with Gasteiger partial charge in [-0.3, -0.25) is 4.79 Å². The van der Waals surface area contributed by atoms with Crippen molar-refractivity contribution in [2.24, 2.45) is 0 Å². The Bertz CT molecular complexity index is 962. The molecule has 5 heteroatoms. The number of ether oxygens (including phenoxy) is 1. The van der Waals surface area contributed by atoms with Crippen molar-refractivity contribution < 1.29 is 13.9 Å². The number of nitrogens with one attached hydrogen (secondary N) is 1. The summed E-state index contributed by atoms with van der Waals surface area (Å²) >= 11 is 0. The van der Waals surface area contributed by atoms with E-state index >= 15 is 0 Å². The molecule has 0 aliphatic rings. The number of nitrogens with zero attached hydrogens (tertiary/aromatic N) is 1. The molecule has 0 spiro atoms. The van der Waals surface area contributed by atoms with Crippen molar-refractivity contribution in [3.63, 3.8) is 0 Å². The first-order valence-electron chi connectivity index (χ1n) is 7.95. The molecule has 3 aromatic carbocycles. The van der Waals surface area contributed by atoms with E-state index in [-0.39, 0.29) is 11.7 Å². The van der Waals surface area contributed by atoms with Crippen molar-refractivity contribution in [3.8, 4) is 17.6 Å². The lowest BCUT2D eigenvalue weighted by Gasteiger charge is -2.09. The lowest BCUT2D eigenvalue weighted by Crippen LogP contribution is -2.22. The monoisotopic (exact) mass is 346 g/mol. The first-order valence-corrected chi connectivity index (χ1v) is 7.95. The smallest absolute Gasteiger partial charge is 0.251 e. The molecule has 1 N–H and O–H groups in total. The van der Waals surface area contributed by atoms with Gasteiger partial charge in [-0.2, -0.15) is 5.26 Å². The van der Waals surface area contributed by atoms with Gasteiger partial charge in [0.05, 0.1) is 11.6 Å². The van der Waals surface area contributed by atoms with Crippen LogP contribution in [0.5, 0.6) is 11.5 Å². The third kappa shape index (κ3) is 4.46. The van der Waals surface area contributed by atoms with Crippen LogP contribution in [0, 0.1) is 17.1 Å². The highest BCUT2D eigenvalue weighted by Crippen LogP contribution is 2.22. The van der Waals surface area contributed by atoms with Crippen LogP contribution in [0.15, 0.2) is 72.8 Å². The summed E-state index contributed by atoms with van der Waals surface area (Å²) < 4.78 is 18.6. The summed E-state index contributed by atoms with van der Waals surface area (Å²) in [6, 6.07) is 21.5. The molecule has 0 bridgehead atoms. The number of carbonyl (C=O) groups excluding carboxylic acids is 1. The van der Waals surface area contributed by atoms with Gasteiger partial charge in [-0.1, -0.05) is 18.2 Å². The van der Waals surface area contributed by atoms with Crippen LogP contribution in [0.1, 0.15) is 21.5 Å². The molecule has 0 aliphatic carbocycles. The van der Waals surface area contributed by atoms with Gasteiger partial charge in [0.1, 0.15) is 17.3 Å². The number of benzene rings is 3. The average molecular weight is 346 g/mol. The number of hydrogen-bond acceptors (Lipinski definition) is 3. The van der Waals surface area contributed by atoms with Gasteiger partial charge >= 0.3 is 0 Å². The predicted octanol–water partition coefficient (Wildman–Crippen LogP) is 4.42. The topological polar surface area (TPSA) is 62.1 Å². The van der Waals surface area contributed by atoms with E-state index in [1.165, 1.54) is 12.1 Å². The zero-order valence-corrected chi connectivity index (χ0v) is 13.8. The van der Waals surface area contributed by atoms with Gasteiger partial charge in [-0.05, 0) is 60.2 Å². The Kier molecular flexibility index (Phi) is 5.25. The highest BCUT2D eigenvalue weighted by Gasteiger charge is 2.07.